The van der Waals surface area contributed by atoms with Crippen LogP contribution in [-0.2, 0) is 4.79 Å². The van der Waals surface area contributed by atoms with Crippen molar-refractivity contribution in [1.82, 2.24) is 5.43 Å². The van der Waals surface area contributed by atoms with Crippen LogP contribution in [0.1, 0.15) is 45.4 Å². The van der Waals surface area contributed by atoms with Gasteiger partial charge < -0.3 is 5.11 Å². The Morgan fingerprint density at radius 3 is 2.57 bits per heavy atom. The number of carbonyl (C=O) groups excluding carboxylic acids is 1. The molecule has 0 spiro atoms. The summed E-state index contributed by atoms with van der Waals surface area (Å²) >= 11 is 0. The van der Waals surface area contributed by atoms with Gasteiger partial charge in [0.25, 0.3) is 0 Å². The molecule has 4 nitrogen and oxygen atoms in total. The third kappa shape index (κ3) is 2.69. The van der Waals surface area contributed by atoms with E-state index in [0.717, 1.165) is 25.7 Å². The van der Waals surface area contributed by atoms with Gasteiger partial charge in [-0.3, -0.25) is 10.2 Å². The van der Waals surface area contributed by atoms with E-state index in [1.54, 1.807) is 0 Å². The maximum absolute atomic E-state index is 11.1. The Kier molecular flexibility index (Phi) is 3.89. The van der Waals surface area contributed by atoms with E-state index >= 15 is 0 Å². The van der Waals surface area contributed by atoms with Crippen LogP contribution >= 0.6 is 0 Å². The molecule has 1 aliphatic rings. The minimum Gasteiger partial charge on any atom is -0.390 e. The lowest BCUT2D eigenvalue weighted by atomic mass is 9.75. The molecule has 0 aromatic rings. The lowest BCUT2D eigenvalue weighted by Gasteiger charge is -2.37. The number of hydrazine groups is 1. The highest BCUT2D eigenvalue weighted by Gasteiger charge is 2.35. The Bertz CT molecular complexity index is 200. The normalized spacial score (nSPS) is 22.8. The van der Waals surface area contributed by atoms with Gasteiger partial charge in [0.1, 0.15) is 0 Å². The summed E-state index contributed by atoms with van der Waals surface area (Å²) < 4.78 is 0. The summed E-state index contributed by atoms with van der Waals surface area (Å²) in [5, 5.41) is 10.3. The molecule has 1 fully saturated rings. The van der Waals surface area contributed by atoms with Crippen LogP contribution in [0, 0.1) is 5.92 Å². The van der Waals surface area contributed by atoms with Gasteiger partial charge in [-0.15, -0.1) is 0 Å². The second kappa shape index (κ2) is 4.75. The van der Waals surface area contributed by atoms with Crippen LogP contribution in [0.15, 0.2) is 0 Å². The molecule has 1 saturated carbocycles. The van der Waals surface area contributed by atoms with Gasteiger partial charge in [-0.25, -0.2) is 5.84 Å². The van der Waals surface area contributed by atoms with Crippen molar-refractivity contribution in [1.29, 1.82) is 0 Å². The third-order valence-corrected chi connectivity index (χ3v) is 3.29. The van der Waals surface area contributed by atoms with Crippen molar-refractivity contribution in [2.45, 2.75) is 51.0 Å². The SMILES string of the molecule is C[C@@H](CC(=O)NN)C1(O)CCCCC1. The van der Waals surface area contributed by atoms with Gasteiger partial charge in [0, 0.05) is 6.42 Å². The summed E-state index contributed by atoms with van der Waals surface area (Å²) in [6, 6.07) is 0. The summed E-state index contributed by atoms with van der Waals surface area (Å²) in [6.07, 6.45) is 5.25. The van der Waals surface area contributed by atoms with Crippen LogP contribution < -0.4 is 11.3 Å². The van der Waals surface area contributed by atoms with Gasteiger partial charge in [0.05, 0.1) is 5.60 Å². The maximum Gasteiger partial charge on any atom is 0.234 e. The van der Waals surface area contributed by atoms with Gasteiger partial charge in [-0.2, -0.15) is 0 Å². The van der Waals surface area contributed by atoms with Crippen LogP contribution in [-0.4, -0.2) is 16.6 Å². The molecule has 0 aromatic carbocycles. The maximum atomic E-state index is 11.1. The Morgan fingerprint density at radius 1 is 1.50 bits per heavy atom. The first-order valence-electron chi connectivity index (χ1n) is 5.30. The van der Waals surface area contributed by atoms with Gasteiger partial charge in [0.15, 0.2) is 0 Å². The highest BCUT2D eigenvalue weighted by molar-refractivity contribution is 5.75. The van der Waals surface area contributed by atoms with Crippen LogP contribution in [0.3, 0.4) is 0 Å². The summed E-state index contributed by atoms with van der Waals surface area (Å²) in [4.78, 5) is 11.1. The number of hydrogen-bond acceptors (Lipinski definition) is 3. The Balaban J connectivity index is 2.48. The molecule has 4 heteroatoms. The Labute approximate surface area is 84.8 Å². The first kappa shape index (κ1) is 11.5. The molecule has 0 saturated heterocycles. The zero-order valence-corrected chi connectivity index (χ0v) is 8.75. The second-order valence-electron chi connectivity index (χ2n) is 4.34. The topological polar surface area (TPSA) is 75.4 Å². The van der Waals surface area contributed by atoms with E-state index in [1.165, 1.54) is 6.42 Å². The number of nitrogens with two attached hydrogens (primary N) is 1. The summed E-state index contributed by atoms with van der Waals surface area (Å²) in [5.74, 6) is 4.81. The molecule has 14 heavy (non-hydrogen) atoms. The van der Waals surface area contributed by atoms with E-state index in [9.17, 15) is 9.90 Å². The largest absolute Gasteiger partial charge is 0.390 e. The van der Waals surface area contributed by atoms with Crippen molar-refractivity contribution >= 4 is 5.91 Å². The number of hydrogen-bond donors (Lipinski definition) is 3. The molecule has 0 unspecified atom stereocenters. The van der Waals surface area contributed by atoms with Crippen LogP contribution in [0.4, 0.5) is 0 Å². The lowest BCUT2D eigenvalue weighted by Crippen LogP contribution is -2.42. The predicted molar refractivity (Wildman–Crippen MR) is 54.1 cm³/mol. The lowest BCUT2D eigenvalue weighted by molar-refractivity contribution is -0.125. The molecule has 1 aliphatic carbocycles. The zero-order chi connectivity index (χ0) is 10.6. The van der Waals surface area contributed by atoms with Crippen molar-refractivity contribution in [2.75, 3.05) is 0 Å². The third-order valence-electron chi connectivity index (χ3n) is 3.29. The smallest absolute Gasteiger partial charge is 0.234 e. The van der Waals surface area contributed by atoms with Crippen LogP contribution in [0.2, 0.25) is 0 Å². The molecule has 0 aliphatic heterocycles. The minimum atomic E-state index is -0.648. The van der Waals surface area contributed by atoms with E-state index < -0.39 is 5.60 Å². The molecule has 0 radical (unpaired) electrons. The zero-order valence-electron chi connectivity index (χ0n) is 8.75. The molecule has 0 heterocycles. The molecule has 0 aromatic heterocycles. The van der Waals surface area contributed by atoms with Crippen LogP contribution in [0.25, 0.3) is 0 Å². The number of nitrogens with one attached hydrogen (secondary N) is 1. The van der Waals surface area contributed by atoms with Crippen molar-refractivity contribution in [2.24, 2.45) is 11.8 Å². The van der Waals surface area contributed by atoms with Crippen molar-refractivity contribution in [3.63, 3.8) is 0 Å². The van der Waals surface area contributed by atoms with Gasteiger partial charge in [-0.05, 0) is 18.8 Å². The summed E-state index contributed by atoms with van der Waals surface area (Å²) in [6.45, 7) is 1.92. The molecule has 1 atom stereocenters. The average Bonchev–Trinajstić information content (AvgIpc) is 2.18. The van der Waals surface area contributed by atoms with Crippen molar-refractivity contribution in [3.8, 4) is 0 Å². The highest BCUT2D eigenvalue weighted by atomic mass is 16.3. The summed E-state index contributed by atoms with van der Waals surface area (Å²) in [7, 11) is 0. The molecule has 82 valence electrons. The monoisotopic (exact) mass is 200 g/mol. The van der Waals surface area contributed by atoms with E-state index in [2.05, 4.69) is 5.43 Å². The standard InChI is InChI=1S/C10H20N2O2/c1-8(7-9(13)12-11)10(14)5-3-2-4-6-10/h8,14H,2-7,11H2,1H3,(H,12,13)/t8-/m0/s1. The van der Waals surface area contributed by atoms with Gasteiger partial charge >= 0.3 is 0 Å². The number of aliphatic hydroxyl groups is 1. The summed E-state index contributed by atoms with van der Waals surface area (Å²) in [5.41, 5.74) is 1.45. The van der Waals surface area contributed by atoms with Gasteiger partial charge in [-0.1, -0.05) is 26.2 Å². The molecule has 0 bridgehead atoms. The van der Waals surface area contributed by atoms with Crippen molar-refractivity contribution < 1.29 is 9.90 Å². The fourth-order valence-corrected chi connectivity index (χ4v) is 2.18. The van der Waals surface area contributed by atoms with E-state index in [4.69, 9.17) is 5.84 Å². The van der Waals surface area contributed by atoms with Crippen LogP contribution in [0.5, 0.6) is 0 Å². The Morgan fingerprint density at radius 2 is 2.07 bits per heavy atom. The van der Waals surface area contributed by atoms with E-state index in [1.807, 2.05) is 6.92 Å². The fraction of sp³-hybridized carbons (Fsp3) is 0.900. The first-order valence-corrected chi connectivity index (χ1v) is 5.30. The second-order valence-corrected chi connectivity index (χ2v) is 4.34. The first-order chi connectivity index (χ1) is 6.58. The Hall–Kier alpha value is -0.610. The molecular weight excluding hydrogens is 180 g/mol. The number of amides is 1. The quantitative estimate of drug-likeness (QED) is 0.356. The number of carbonyl (C=O) groups is 1. The minimum absolute atomic E-state index is 0.00801. The average molecular weight is 200 g/mol. The fourth-order valence-electron chi connectivity index (χ4n) is 2.18. The highest BCUT2D eigenvalue weighted by Crippen LogP contribution is 2.35. The molecule has 1 rings (SSSR count). The van der Waals surface area contributed by atoms with E-state index in [-0.39, 0.29) is 11.8 Å². The molecule has 4 N–H and O–H groups in total. The van der Waals surface area contributed by atoms with E-state index in [0.29, 0.717) is 6.42 Å². The van der Waals surface area contributed by atoms with Crippen molar-refractivity contribution in [3.05, 3.63) is 0 Å². The molecule has 1 amide bonds. The van der Waals surface area contributed by atoms with Gasteiger partial charge in [0.2, 0.25) is 5.91 Å². The number of rotatable bonds is 3. The molecular formula is C10H20N2O2. The predicted octanol–water partition coefficient (Wildman–Crippen LogP) is 0.698.